The molecule has 3 heterocycles. The molecule has 0 N–H and O–H groups in total. The van der Waals surface area contributed by atoms with Crippen LogP contribution in [0.2, 0.25) is 0 Å². The average Bonchev–Trinajstić information content (AvgIpc) is 3.84. The number of fused-ring (bicyclic) bond motifs is 6. The van der Waals surface area contributed by atoms with Gasteiger partial charge >= 0.3 is 0 Å². The molecule has 6 nitrogen and oxygen atoms in total. The van der Waals surface area contributed by atoms with E-state index in [2.05, 4.69) is 143 Å². The lowest BCUT2D eigenvalue weighted by Gasteiger charge is -2.16. The van der Waals surface area contributed by atoms with Gasteiger partial charge in [0.2, 0.25) is 0 Å². The van der Waals surface area contributed by atoms with Gasteiger partial charge < -0.3 is 9.13 Å². The fourth-order valence-electron chi connectivity index (χ4n) is 8.65. The Bertz CT molecular complexity index is 3450. The van der Waals surface area contributed by atoms with Crippen LogP contribution in [0.15, 0.2) is 194 Å². The van der Waals surface area contributed by atoms with Crippen LogP contribution >= 0.6 is 0 Å². The van der Waals surface area contributed by atoms with Gasteiger partial charge in [0.1, 0.15) is 0 Å². The Hall–Kier alpha value is -8.58. The van der Waals surface area contributed by atoms with Crippen molar-refractivity contribution in [2.75, 3.05) is 0 Å². The molecule has 0 aliphatic rings. The van der Waals surface area contributed by atoms with Gasteiger partial charge in [0.25, 0.3) is 0 Å². The topological polar surface area (TPSA) is 83.2 Å². The molecular weight excluding hydrogens is 733 g/mol. The number of hydrogen-bond acceptors (Lipinski definition) is 4. The standard InChI is InChI=1S/C54H32N6/c55-33-35-23-25-53(46(29-35)54-57-47(37-13-3-1-4-14-37)32-48(58-54)38-15-5-2-6-16-38)60-51-22-12-9-19-44(51)45-31-39(24-26-52(45)60)40-27-36(34-56)28-41(30-40)59-49-20-10-7-17-42(49)43-18-8-11-21-50(43)59/h1-32H. The number of rotatable bonds is 6. The highest BCUT2D eigenvalue weighted by atomic mass is 15.0. The van der Waals surface area contributed by atoms with Crippen LogP contribution < -0.4 is 0 Å². The Kier molecular flexibility index (Phi) is 8.15. The number of nitrogens with zero attached hydrogens (tertiary/aromatic N) is 6. The summed E-state index contributed by atoms with van der Waals surface area (Å²) >= 11 is 0. The molecule has 60 heavy (non-hydrogen) atoms. The molecule has 0 spiro atoms. The van der Waals surface area contributed by atoms with Crippen molar-refractivity contribution >= 4 is 43.6 Å². The molecule has 6 heteroatoms. The van der Waals surface area contributed by atoms with E-state index in [0.29, 0.717) is 17.0 Å². The summed E-state index contributed by atoms with van der Waals surface area (Å²) in [4.78, 5) is 10.4. The first-order valence-corrected chi connectivity index (χ1v) is 19.8. The Morgan fingerprint density at radius 3 is 1.50 bits per heavy atom. The number of nitriles is 2. The van der Waals surface area contributed by atoms with E-state index in [1.807, 2.05) is 72.8 Å². The number of para-hydroxylation sites is 3. The second-order valence-electron chi connectivity index (χ2n) is 14.9. The molecule has 0 saturated carbocycles. The minimum atomic E-state index is 0.517. The molecular formula is C54H32N6. The molecule has 11 rings (SSSR count). The Morgan fingerprint density at radius 2 is 0.900 bits per heavy atom. The highest BCUT2D eigenvalue weighted by Crippen LogP contribution is 2.40. The molecule has 0 aliphatic carbocycles. The number of benzene rings is 8. The smallest absolute Gasteiger partial charge is 0.162 e. The second-order valence-corrected chi connectivity index (χ2v) is 14.9. The normalized spacial score (nSPS) is 11.3. The Balaban J connectivity index is 1.12. The molecule has 0 aliphatic heterocycles. The van der Waals surface area contributed by atoms with Gasteiger partial charge in [0, 0.05) is 43.9 Å². The lowest BCUT2D eigenvalue weighted by Crippen LogP contribution is -2.02. The zero-order valence-electron chi connectivity index (χ0n) is 32.2. The van der Waals surface area contributed by atoms with Crippen molar-refractivity contribution in [2.45, 2.75) is 0 Å². The van der Waals surface area contributed by atoms with Gasteiger partial charge in [0.15, 0.2) is 5.82 Å². The summed E-state index contributed by atoms with van der Waals surface area (Å²) in [6, 6.07) is 70.7. The largest absolute Gasteiger partial charge is 0.309 e. The van der Waals surface area contributed by atoms with Crippen LogP contribution in [0.4, 0.5) is 0 Å². The number of aromatic nitrogens is 4. The molecule has 11 aromatic rings. The van der Waals surface area contributed by atoms with E-state index < -0.39 is 0 Å². The first-order chi connectivity index (χ1) is 29.6. The zero-order valence-corrected chi connectivity index (χ0v) is 32.2. The SMILES string of the molecule is N#Cc1cc(-c2ccc3c(c2)c2ccccc2n3-c2ccc(C#N)cc2-c2nc(-c3ccccc3)cc(-c3ccccc3)n2)cc(-n2c3ccccc3c3ccccc32)c1. The van der Waals surface area contributed by atoms with Crippen LogP contribution in [-0.4, -0.2) is 19.1 Å². The van der Waals surface area contributed by atoms with E-state index >= 15 is 0 Å². The third-order valence-electron chi connectivity index (χ3n) is 11.4. The molecule has 8 aromatic carbocycles. The van der Waals surface area contributed by atoms with Crippen LogP contribution in [-0.2, 0) is 0 Å². The summed E-state index contributed by atoms with van der Waals surface area (Å²) in [5, 5.41) is 25.0. The first kappa shape index (κ1) is 34.7. The summed E-state index contributed by atoms with van der Waals surface area (Å²) in [6.45, 7) is 0. The zero-order chi connectivity index (χ0) is 40.2. The van der Waals surface area contributed by atoms with E-state index in [1.165, 1.54) is 10.8 Å². The predicted octanol–water partition coefficient (Wildman–Crippen LogP) is 13.1. The van der Waals surface area contributed by atoms with Crippen LogP contribution in [0.1, 0.15) is 11.1 Å². The van der Waals surface area contributed by atoms with Crippen molar-refractivity contribution in [2.24, 2.45) is 0 Å². The van der Waals surface area contributed by atoms with Gasteiger partial charge in [-0.1, -0.05) is 121 Å². The predicted molar refractivity (Wildman–Crippen MR) is 242 cm³/mol. The first-order valence-electron chi connectivity index (χ1n) is 19.8. The third kappa shape index (κ3) is 5.71. The Labute approximate surface area is 345 Å². The van der Waals surface area contributed by atoms with Gasteiger partial charge in [-0.2, -0.15) is 10.5 Å². The quantitative estimate of drug-likeness (QED) is 0.169. The maximum absolute atomic E-state index is 10.3. The maximum atomic E-state index is 10.3. The van der Waals surface area contributed by atoms with E-state index in [-0.39, 0.29) is 0 Å². The molecule has 0 amide bonds. The fourth-order valence-corrected chi connectivity index (χ4v) is 8.65. The minimum absolute atomic E-state index is 0.517. The van der Waals surface area contributed by atoms with Gasteiger partial charge in [0.05, 0.1) is 62.4 Å². The van der Waals surface area contributed by atoms with Crippen molar-refractivity contribution < 1.29 is 0 Å². The van der Waals surface area contributed by atoms with Crippen molar-refractivity contribution in [3.05, 3.63) is 205 Å². The second kappa shape index (κ2) is 14.1. The molecule has 0 radical (unpaired) electrons. The highest BCUT2D eigenvalue weighted by Gasteiger charge is 2.21. The summed E-state index contributed by atoms with van der Waals surface area (Å²) in [5.41, 5.74) is 13.3. The van der Waals surface area contributed by atoms with Crippen LogP contribution in [0.3, 0.4) is 0 Å². The molecule has 0 unspecified atom stereocenters. The Morgan fingerprint density at radius 1 is 0.367 bits per heavy atom. The van der Waals surface area contributed by atoms with E-state index in [4.69, 9.17) is 9.97 Å². The lowest BCUT2D eigenvalue weighted by atomic mass is 10.00. The maximum Gasteiger partial charge on any atom is 0.162 e. The van der Waals surface area contributed by atoms with Crippen molar-refractivity contribution in [1.82, 2.24) is 19.1 Å². The molecule has 278 valence electrons. The van der Waals surface area contributed by atoms with Crippen molar-refractivity contribution in [3.63, 3.8) is 0 Å². The van der Waals surface area contributed by atoms with E-state index in [0.717, 1.165) is 83.4 Å². The third-order valence-corrected chi connectivity index (χ3v) is 11.4. The molecule has 0 bridgehead atoms. The molecule has 3 aromatic heterocycles. The average molecular weight is 765 g/mol. The van der Waals surface area contributed by atoms with Gasteiger partial charge in [-0.3, -0.25) is 0 Å². The monoisotopic (exact) mass is 764 g/mol. The van der Waals surface area contributed by atoms with Gasteiger partial charge in [-0.05, 0) is 83.9 Å². The summed E-state index contributed by atoms with van der Waals surface area (Å²) in [7, 11) is 0. The minimum Gasteiger partial charge on any atom is -0.309 e. The molecule has 0 saturated heterocycles. The fraction of sp³-hybridized carbons (Fsp3) is 0. The lowest BCUT2D eigenvalue weighted by molar-refractivity contribution is 1.14. The van der Waals surface area contributed by atoms with Crippen molar-refractivity contribution in [1.29, 1.82) is 10.5 Å². The summed E-state index contributed by atoms with van der Waals surface area (Å²) in [5.74, 6) is 0.524. The van der Waals surface area contributed by atoms with E-state index in [1.54, 1.807) is 0 Å². The number of hydrogen-bond donors (Lipinski definition) is 0. The van der Waals surface area contributed by atoms with Crippen molar-refractivity contribution in [3.8, 4) is 68.5 Å². The summed E-state index contributed by atoms with van der Waals surface area (Å²) in [6.07, 6.45) is 0. The molecule has 0 fully saturated rings. The van der Waals surface area contributed by atoms with Gasteiger partial charge in [-0.15, -0.1) is 0 Å². The molecule has 0 atom stereocenters. The van der Waals surface area contributed by atoms with Crippen LogP contribution in [0, 0.1) is 22.7 Å². The van der Waals surface area contributed by atoms with Crippen LogP contribution in [0.5, 0.6) is 0 Å². The van der Waals surface area contributed by atoms with Crippen LogP contribution in [0.25, 0.3) is 100 Å². The highest BCUT2D eigenvalue weighted by molar-refractivity contribution is 6.11. The van der Waals surface area contributed by atoms with E-state index in [9.17, 15) is 10.5 Å². The van der Waals surface area contributed by atoms with Gasteiger partial charge in [-0.25, -0.2) is 9.97 Å². The summed E-state index contributed by atoms with van der Waals surface area (Å²) < 4.78 is 4.50.